The number of benzene rings is 1. The molecule has 2 N–H and O–H groups in total. The van der Waals surface area contributed by atoms with Gasteiger partial charge in [-0.1, -0.05) is 6.92 Å². The summed E-state index contributed by atoms with van der Waals surface area (Å²) in [6.45, 7) is 6.93. The van der Waals surface area contributed by atoms with Crippen LogP contribution in [0.4, 0.5) is 0 Å². The number of nitrogens with two attached hydrogens (primary N) is 1. The van der Waals surface area contributed by atoms with Crippen molar-refractivity contribution in [2.75, 3.05) is 13.7 Å². The number of aromatic nitrogens is 1. The largest absolute Gasteiger partial charge is 0.497 e. The van der Waals surface area contributed by atoms with E-state index in [1.165, 1.54) is 16.7 Å². The van der Waals surface area contributed by atoms with Crippen LogP contribution in [0, 0.1) is 13.8 Å². The fourth-order valence-corrected chi connectivity index (χ4v) is 3.06. The third kappa shape index (κ3) is 2.80. The van der Waals surface area contributed by atoms with Crippen molar-refractivity contribution in [3.63, 3.8) is 0 Å². The van der Waals surface area contributed by atoms with Gasteiger partial charge in [-0.25, -0.2) is 4.98 Å². The Hall–Kier alpha value is -1.39. The maximum absolute atomic E-state index is 5.70. The van der Waals surface area contributed by atoms with Gasteiger partial charge in [-0.15, -0.1) is 11.3 Å². The Balaban J connectivity index is 2.44. The maximum atomic E-state index is 5.70. The molecule has 2 aromatic rings. The summed E-state index contributed by atoms with van der Waals surface area (Å²) in [7, 11) is 1.69. The van der Waals surface area contributed by atoms with E-state index in [2.05, 4.69) is 26.2 Å². The van der Waals surface area contributed by atoms with E-state index in [1.54, 1.807) is 18.4 Å². The normalized spacial score (nSPS) is 12.5. The predicted octanol–water partition coefficient (Wildman–Crippen LogP) is 3.50. The van der Waals surface area contributed by atoms with Gasteiger partial charge in [0.2, 0.25) is 0 Å². The number of thiazole rings is 1. The van der Waals surface area contributed by atoms with Crippen LogP contribution < -0.4 is 10.5 Å². The van der Waals surface area contributed by atoms with E-state index in [0.717, 1.165) is 16.5 Å². The highest BCUT2D eigenvalue weighted by atomic mass is 32.1. The third-order valence-electron chi connectivity index (χ3n) is 3.30. The Bertz CT molecular complexity index is 554. The molecule has 2 rings (SSSR count). The lowest BCUT2D eigenvalue weighted by molar-refractivity contribution is 0.414. The van der Waals surface area contributed by atoms with Crippen LogP contribution in [0.3, 0.4) is 0 Å². The molecule has 0 radical (unpaired) electrons. The van der Waals surface area contributed by atoms with Crippen molar-refractivity contribution < 1.29 is 4.74 Å². The summed E-state index contributed by atoms with van der Waals surface area (Å²) in [5.74, 6) is 1.21. The quantitative estimate of drug-likeness (QED) is 0.929. The van der Waals surface area contributed by atoms with Gasteiger partial charge in [-0.05, 0) is 37.1 Å². The fourth-order valence-electron chi connectivity index (χ4n) is 2.18. The topological polar surface area (TPSA) is 48.1 Å². The molecule has 0 bridgehead atoms. The molecule has 0 spiro atoms. The van der Waals surface area contributed by atoms with Gasteiger partial charge in [-0.3, -0.25) is 0 Å². The van der Waals surface area contributed by atoms with E-state index in [4.69, 9.17) is 15.5 Å². The van der Waals surface area contributed by atoms with Gasteiger partial charge in [-0.2, -0.15) is 0 Å². The first kappa shape index (κ1) is 14.0. The number of nitrogens with zero attached hydrogens (tertiary/aromatic N) is 1. The van der Waals surface area contributed by atoms with Crippen LogP contribution in [-0.2, 0) is 0 Å². The predicted molar refractivity (Wildman–Crippen MR) is 81.0 cm³/mol. The van der Waals surface area contributed by atoms with Gasteiger partial charge in [0.05, 0.1) is 17.8 Å². The van der Waals surface area contributed by atoms with E-state index in [9.17, 15) is 0 Å². The van der Waals surface area contributed by atoms with Crippen LogP contribution >= 0.6 is 11.3 Å². The maximum Gasteiger partial charge on any atom is 0.119 e. The van der Waals surface area contributed by atoms with Gasteiger partial charge in [0.25, 0.3) is 0 Å². The summed E-state index contributed by atoms with van der Waals surface area (Å²) < 4.78 is 5.29. The number of hydrogen-bond donors (Lipinski definition) is 1. The van der Waals surface area contributed by atoms with E-state index in [1.807, 2.05) is 12.1 Å². The second kappa shape index (κ2) is 5.72. The van der Waals surface area contributed by atoms with Crippen LogP contribution in [0.25, 0.3) is 11.3 Å². The summed E-state index contributed by atoms with van der Waals surface area (Å²) in [6, 6.07) is 4.10. The summed E-state index contributed by atoms with van der Waals surface area (Å²) in [5, 5.41) is 3.22. The first-order valence-corrected chi connectivity index (χ1v) is 7.25. The van der Waals surface area contributed by atoms with E-state index in [-0.39, 0.29) is 0 Å². The van der Waals surface area contributed by atoms with Crippen molar-refractivity contribution in [3.8, 4) is 17.0 Å². The molecule has 0 saturated carbocycles. The molecule has 1 aromatic carbocycles. The molecule has 3 nitrogen and oxygen atoms in total. The molecule has 1 aromatic heterocycles. The first-order chi connectivity index (χ1) is 9.06. The number of ether oxygens (including phenoxy) is 1. The van der Waals surface area contributed by atoms with Crippen molar-refractivity contribution in [2.45, 2.75) is 26.7 Å². The lowest BCUT2D eigenvalue weighted by atomic mass is 10.00. The minimum atomic E-state index is 0.317. The molecule has 0 amide bonds. The van der Waals surface area contributed by atoms with Gasteiger partial charge < -0.3 is 10.5 Å². The second-order valence-corrected chi connectivity index (χ2v) is 5.73. The summed E-state index contributed by atoms with van der Waals surface area (Å²) in [5.41, 5.74) is 10.3. The highest BCUT2D eigenvalue weighted by Gasteiger charge is 2.14. The van der Waals surface area contributed by atoms with E-state index < -0.39 is 0 Å². The Labute approximate surface area is 118 Å². The summed E-state index contributed by atoms with van der Waals surface area (Å²) in [4.78, 5) is 4.73. The van der Waals surface area contributed by atoms with Gasteiger partial charge in [0.15, 0.2) is 0 Å². The van der Waals surface area contributed by atoms with Crippen LogP contribution in [0.2, 0.25) is 0 Å². The molecule has 0 aliphatic carbocycles. The molecule has 0 saturated heterocycles. The summed E-state index contributed by atoms with van der Waals surface area (Å²) in [6.07, 6.45) is 0. The lowest BCUT2D eigenvalue weighted by Crippen LogP contribution is -2.08. The minimum Gasteiger partial charge on any atom is -0.497 e. The molecule has 0 aliphatic heterocycles. The fraction of sp³-hybridized carbons (Fsp3) is 0.400. The highest BCUT2D eigenvalue weighted by molar-refractivity contribution is 7.10. The number of aryl methyl sites for hydroxylation is 2. The zero-order chi connectivity index (χ0) is 14.0. The molecule has 19 heavy (non-hydrogen) atoms. The van der Waals surface area contributed by atoms with Gasteiger partial charge >= 0.3 is 0 Å². The molecule has 1 unspecified atom stereocenters. The monoisotopic (exact) mass is 276 g/mol. The Kier molecular flexibility index (Phi) is 4.22. The highest BCUT2D eigenvalue weighted by Crippen LogP contribution is 2.33. The SMILES string of the molecule is COc1cc(C)c(-c2csc(C(C)CN)n2)c(C)c1. The van der Waals surface area contributed by atoms with Crippen molar-refractivity contribution in [2.24, 2.45) is 5.73 Å². The van der Waals surface area contributed by atoms with Crippen LogP contribution in [0.15, 0.2) is 17.5 Å². The smallest absolute Gasteiger partial charge is 0.119 e. The molecule has 0 fully saturated rings. The Morgan fingerprint density at radius 3 is 2.47 bits per heavy atom. The van der Waals surface area contributed by atoms with E-state index >= 15 is 0 Å². The zero-order valence-corrected chi connectivity index (χ0v) is 12.7. The Morgan fingerprint density at radius 2 is 1.95 bits per heavy atom. The van der Waals surface area contributed by atoms with Gasteiger partial charge in [0, 0.05) is 23.4 Å². The van der Waals surface area contributed by atoms with Crippen molar-refractivity contribution in [1.82, 2.24) is 4.98 Å². The molecule has 1 atom stereocenters. The van der Waals surface area contributed by atoms with Crippen LogP contribution in [0.5, 0.6) is 5.75 Å². The number of hydrogen-bond acceptors (Lipinski definition) is 4. The average molecular weight is 276 g/mol. The molecule has 102 valence electrons. The standard InChI is InChI=1S/C15H20N2OS/c1-9-5-12(18-4)6-10(2)14(9)13-8-19-15(17-13)11(3)7-16/h5-6,8,11H,7,16H2,1-4H3. The lowest BCUT2D eigenvalue weighted by Gasteiger charge is -2.10. The van der Waals surface area contributed by atoms with Gasteiger partial charge in [0.1, 0.15) is 5.75 Å². The van der Waals surface area contributed by atoms with Crippen LogP contribution in [0.1, 0.15) is 29.0 Å². The molecule has 0 aliphatic rings. The van der Waals surface area contributed by atoms with Crippen molar-refractivity contribution in [1.29, 1.82) is 0 Å². The zero-order valence-electron chi connectivity index (χ0n) is 11.9. The molecular weight excluding hydrogens is 256 g/mol. The third-order valence-corrected chi connectivity index (χ3v) is 4.37. The van der Waals surface area contributed by atoms with E-state index in [0.29, 0.717) is 12.5 Å². The van der Waals surface area contributed by atoms with Crippen LogP contribution in [-0.4, -0.2) is 18.6 Å². The average Bonchev–Trinajstić information content (AvgIpc) is 2.86. The summed E-state index contributed by atoms with van der Waals surface area (Å²) >= 11 is 1.68. The number of rotatable bonds is 4. The molecule has 1 heterocycles. The van der Waals surface area contributed by atoms with Crippen molar-refractivity contribution in [3.05, 3.63) is 33.6 Å². The minimum absolute atomic E-state index is 0.317. The first-order valence-electron chi connectivity index (χ1n) is 6.38. The Morgan fingerprint density at radius 1 is 1.32 bits per heavy atom. The van der Waals surface area contributed by atoms with Crippen molar-refractivity contribution >= 4 is 11.3 Å². The number of methoxy groups -OCH3 is 1. The second-order valence-electron chi connectivity index (χ2n) is 4.84. The molecular formula is C15H20N2OS. The molecule has 4 heteroatoms.